The number of benzene rings is 1. The molecule has 0 bridgehead atoms. The fourth-order valence-corrected chi connectivity index (χ4v) is 2.84. The van der Waals surface area contributed by atoms with E-state index in [1.165, 1.54) is 6.08 Å². The summed E-state index contributed by atoms with van der Waals surface area (Å²) >= 11 is 1.57. The molecule has 0 radical (unpaired) electrons. The van der Waals surface area contributed by atoms with Gasteiger partial charge >= 0.3 is 0 Å². The highest BCUT2D eigenvalue weighted by Crippen LogP contribution is 2.21. The summed E-state index contributed by atoms with van der Waals surface area (Å²) in [5.41, 5.74) is 6.62. The van der Waals surface area contributed by atoms with Gasteiger partial charge in [-0.05, 0) is 31.2 Å². The number of amides is 2. The van der Waals surface area contributed by atoms with Gasteiger partial charge in [-0.2, -0.15) is 0 Å². The Balaban J connectivity index is 1.56. The van der Waals surface area contributed by atoms with Crippen LogP contribution in [0, 0.1) is 6.92 Å². The maximum Gasteiger partial charge on any atom is 0.286 e. The molecule has 0 saturated heterocycles. The monoisotopic (exact) mass is 382 g/mol. The Morgan fingerprint density at radius 2 is 2.07 bits per heavy atom. The number of nitrogens with zero attached hydrogens (tertiary/aromatic N) is 1. The van der Waals surface area contributed by atoms with E-state index in [0.29, 0.717) is 18.1 Å². The third-order valence-corrected chi connectivity index (χ3v) is 4.34. The first-order valence-electron chi connectivity index (χ1n) is 8.16. The fraction of sp³-hybridized carbons (Fsp3) is 0.105. The lowest BCUT2D eigenvalue weighted by atomic mass is 10.2. The van der Waals surface area contributed by atoms with Crippen LogP contribution in [0.25, 0.3) is 6.08 Å². The lowest BCUT2D eigenvalue weighted by molar-refractivity contribution is -0.117. The van der Waals surface area contributed by atoms with E-state index in [1.807, 2.05) is 36.6 Å². The van der Waals surface area contributed by atoms with Crippen molar-refractivity contribution in [3.8, 4) is 5.75 Å². The molecule has 3 N–H and O–H groups in total. The van der Waals surface area contributed by atoms with Crippen molar-refractivity contribution in [2.75, 3.05) is 0 Å². The van der Waals surface area contributed by atoms with Crippen LogP contribution in [0.5, 0.6) is 5.75 Å². The second-order valence-corrected chi connectivity index (χ2v) is 6.61. The van der Waals surface area contributed by atoms with Crippen LogP contribution in [0.2, 0.25) is 0 Å². The molecule has 27 heavy (non-hydrogen) atoms. The van der Waals surface area contributed by atoms with Gasteiger partial charge in [0.15, 0.2) is 0 Å². The Hall–Kier alpha value is -3.39. The molecule has 0 unspecified atom stereocenters. The summed E-state index contributed by atoms with van der Waals surface area (Å²) in [6, 6.07) is 10.7. The normalized spacial score (nSPS) is 10.7. The lowest BCUT2D eigenvalue weighted by Gasteiger charge is -2.08. The SMILES string of the molecule is Cc1nc(COc2ccccc2/C=C/C(=O)NNC(=O)c2ccc[nH]2)cs1. The van der Waals surface area contributed by atoms with Gasteiger partial charge in [-0.15, -0.1) is 11.3 Å². The molecule has 0 aliphatic rings. The summed E-state index contributed by atoms with van der Waals surface area (Å²) in [5.74, 6) is -0.244. The molecule has 138 valence electrons. The predicted molar refractivity (Wildman–Crippen MR) is 103 cm³/mol. The number of carbonyl (C=O) groups is 2. The Morgan fingerprint density at radius 3 is 2.81 bits per heavy atom. The van der Waals surface area contributed by atoms with Crippen molar-refractivity contribution in [2.24, 2.45) is 0 Å². The first kappa shape index (κ1) is 18.4. The zero-order chi connectivity index (χ0) is 19.1. The van der Waals surface area contributed by atoms with Gasteiger partial charge in [-0.3, -0.25) is 20.4 Å². The topological polar surface area (TPSA) is 96.1 Å². The van der Waals surface area contributed by atoms with Crippen LogP contribution in [0.1, 0.15) is 26.8 Å². The van der Waals surface area contributed by atoms with Gasteiger partial charge in [0.1, 0.15) is 18.1 Å². The zero-order valence-electron chi connectivity index (χ0n) is 14.6. The highest BCUT2D eigenvalue weighted by molar-refractivity contribution is 7.09. The lowest BCUT2D eigenvalue weighted by Crippen LogP contribution is -2.40. The average Bonchev–Trinajstić information content (AvgIpc) is 3.35. The molecule has 2 aromatic heterocycles. The van der Waals surface area contributed by atoms with Crippen molar-refractivity contribution in [3.05, 3.63) is 76.0 Å². The molecule has 0 atom stereocenters. The Bertz CT molecular complexity index is 948. The quantitative estimate of drug-likeness (QED) is 0.451. The summed E-state index contributed by atoms with van der Waals surface area (Å²) in [6.45, 7) is 2.30. The molecule has 7 nitrogen and oxygen atoms in total. The number of hydrazine groups is 1. The first-order valence-corrected chi connectivity index (χ1v) is 9.04. The molecule has 0 aliphatic carbocycles. The van der Waals surface area contributed by atoms with E-state index in [4.69, 9.17) is 4.74 Å². The molecule has 0 aliphatic heterocycles. The molecular formula is C19H18N4O3S. The molecule has 3 aromatic rings. The van der Waals surface area contributed by atoms with E-state index < -0.39 is 11.8 Å². The van der Waals surface area contributed by atoms with E-state index >= 15 is 0 Å². The van der Waals surface area contributed by atoms with E-state index in [2.05, 4.69) is 20.8 Å². The average molecular weight is 382 g/mol. The van der Waals surface area contributed by atoms with E-state index in [1.54, 1.807) is 35.7 Å². The van der Waals surface area contributed by atoms with Crippen LogP contribution in [-0.2, 0) is 11.4 Å². The Labute approximate surface area is 160 Å². The number of aryl methyl sites for hydroxylation is 1. The number of H-pyrrole nitrogens is 1. The molecule has 0 saturated carbocycles. The third kappa shape index (κ3) is 5.29. The van der Waals surface area contributed by atoms with E-state index in [-0.39, 0.29) is 0 Å². The molecule has 2 heterocycles. The van der Waals surface area contributed by atoms with Gasteiger partial charge in [-0.25, -0.2) is 4.98 Å². The molecular weight excluding hydrogens is 364 g/mol. The molecule has 3 rings (SSSR count). The van der Waals surface area contributed by atoms with Crippen LogP contribution >= 0.6 is 11.3 Å². The predicted octanol–water partition coefficient (Wildman–Crippen LogP) is 2.83. The molecule has 0 spiro atoms. The van der Waals surface area contributed by atoms with Crippen molar-refractivity contribution in [3.63, 3.8) is 0 Å². The summed E-state index contributed by atoms with van der Waals surface area (Å²) < 4.78 is 5.80. The second kappa shape index (κ2) is 8.81. The number of carbonyl (C=O) groups excluding carboxylic acids is 2. The maximum atomic E-state index is 11.9. The number of hydrogen-bond acceptors (Lipinski definition) is 5. The van der Waals surface area contributed by atoms with Gasteiger partial charge in [-0.1, -0.05) is 18.2 Å². The van der Waals surface area contributed by atoms with Crippen LogP contribution in [0.4, 0.5) is 0 Å². The van der Waals surface area contributed by atoms with Gasteiger partial charge in [0.2, 0.25) is 0 Å². The molecule has 1 aromatic carbocycles. The first-order chi connectivity index (χ1) is 13.1. The second-order valence-electron chi connectivity index (χ2n) is 5.54. The number of aromatic amines is 1. The van der Waals surface area contributed by atoms with Crippen LogP contribution in [-0.4, -0.2) is 21.8 Å². The van der Waals surface area contributed by atoms with Crippen molar-refractivity contribution in [2.45, 2.75) is 13.5 Å². The number of rotatable bonds is 6. The number of para-hydroxylation sites is 1. The van der Waals surface area contributed by atoms with Crippen LogP contribution in [0.15, 0.2) is 54.1 Å². The number of aromatic nitrogens is 2. The van der Waals surface area contributed by atoms with Gasteiger partial charge < -0.3 is 9.72 Å². The van der Waals surface area contributed by atoms with Gasteiger partial charge in [0, 0.05) is 23.2 Å². The van der Waals surface area contributed by atoms with Crippen molar-refractivity contribution in [1.82, 2.24) is 20.8 Å². The van der Waals surface area contributed by atoms with Crippen molar-refractivity contribution < 1.29 is 14.3 Å². The van der Waals surface area contributed by atoms with Crippen LogP contribution < -0.4 is 15.6 Å². The standard InChI is InChI=1S/C19H18N4O3S/c1-13-21-15(12-27-13)11-26-17-7-3-2-5-14(17)8-9-18(24)22-23-19(25)16-6-4-10-20-16/h2-10,12,20H,11H2,1H3,(H,22,24)(H,23,25)/b9-8+. The summed E-state index contributed by atoms with van der Waals surface area (Å²) in [4.78, 5) is 30.8. The smallest absolute Gasteiger partial charge is 0.286 e. The van der Waals surface area contributed by atoms with E-state index in [0.717, 1.165) is 16.3 Å². The minimum absolute atomic E-state index is 0.355. The molecule has 2 amide bonds. The highest BCUT2D eigenvalue weighted by atomic mass is 32.1. The largest absolute Gasteiger partial charge is 0.487 e. The summed E-state index contributed by atoms with van der Waals surface area (Å²) in [5, 5.41) is 2.94. The number of thiazole rings is 1. The van der Waals surface area contributed by atoms with Crippen molar-refractivity contribution >= 4 is 29.2 Å². The summed E-state index contributed by atoms with van der Waals surface area (Å²) in [7, 11) is 0. The minimum Gasteiger partial charge on any atom is -0.487 e. The van der Waals surface area contributed by atoms with Gasteiger partial charge in [0.25, 0.3) is 11.8 Å². The minimum atomic E-state index is -0.458. The zero-order valence-corrected chi connectivity index (χ0v) is 15.4. The molecule has 8 heteroatoms. The van der Waals surface area contributed by atoms with E-state index in [9.17, 15) is 9.59 Å². The highest BCUT2D eigenvalue weighted by Gasteiger charge is 2.07. The third-order valence-electron chi connectivity index (χ3n) is 3.52. The van der Waals surface area contributed by atoms with Crippen LogP contribution in [0.3, 0.4) is 0 Å². The molecule has 0 fully saturated rings. The number of ether oxygens (including phenoxy) is 1. The Kier molecular flexibility index (Phi) is 6.01. The summed E-state index contributed by atoms with van der Waals surface area (Å²) in [6.07, 6.45) is 4.57. The van der Waals surface area contributed by atoms with Gasteiger partial charge in [0.05, 0.1) is 10.7 Å². The Morgan fingerprint density at radius 1 is 1.22 bits per heavy atom. The fourth-order valence-electron chi connectivity index (χ4n) is 2.24. The van der Waals surface area contributed by atoms with Crippen molar-refractivity contribution in [1.29, 1.82) is 0 Å². The maximum absolute atomic E-state index is 11.9. The number of hydrogen-bond donors (Lipinski definition) is 3. The number of nitrogens with one attached hydrogen (secondary N) is 3.